The zero-order chi connectivity index (χ0) is 19.5. The van der Waals surface area contributed by atoms with E-state index in [2.05, 4.69) is 24.5 Å². The summed E-state index contributed by atoms with van der Waals surface area (Å²) >= 11 is 0. The zero-order valence-corrected chi connectivity index (χ0v) is 15.6. The Morgan fingerprint density at radius 2 is 1.81 bits per heavy atom. The Bertz CT molecular complexity index is 690. The minimum atomic E-state index is -1.31. The van der Waals surface area contributed by atoms with Crippen LogP contribution in [0.2, 0.25) is 0 Å². The van der Waals surface area contributed by atoms with Crippen molar-refractivity contribution < 1.29 is 18.8 Å². The predicted molar refractivity (Wildman–Crippen MR) is 95.7 cm³/mol. The number of imide groups is 1. The summed E-state index contributed by atoms with van der Waals surface area (Å²) in [4.78, 5) is 38.0. The number of hydrogen-bond donors (Lipinski definition) is 2. The zero-order valence-electron chi connectivity index (χ0n) is 15.6. The number of amides is 4. The van der Waals surface area contributed by atoms with E-state index >= 15 is 0 Å². The SMILES string of the molecule is CC(C)CC[C@@H](C)NC(=O)CN1C(=O)N[C@](C)(c2ccc(F)cc2)C1=O. The molecule has 1 fully saturated rings. The highest BCUT2D eigenvalue weighted by molar-refractivity contribution is 6.09. The summed E-state index contributed by atoms with van der Waals surface area (Å²) in [5.41, 5.74) is -0.848. The molecule has 6 nitrogen and oxygen atoms in total. The molecule has 0 saturated carbocycles. The molecule has 1 saturated heterocycles. The van der Waals surface area contributed by atoms with Gasteiger partial charge in [-0.25, -0.2) is 9.18 Å². The summed E-state index contributed by atoms with van der Waals surface area (Å²) in [5, 5.41) is 5.42. The molecule has 0 aliphatic carbocycles. The quantitative estimate of drug-likeness (QED) is 0.731. The van der Waals surface area contributed by atoms with E-state index in [1.807, 2.05) is 6.92 Å². The fourth-order valence-corrected chi connectivity index (χ4v) is 2.94. The molecule has 0 aromatic heterocycles. The Labute approximate surface area is 153 Å². The third-order valence-corrected chi connectivity index (χ3v) is 4.58. The van der Waals surface area contributed by atoms with Crippen LogP contribution in [0.3, 0.4) is 0 Å². The molecular weight excluding hydrogens is 337 g/mol. The summed E-state index contributed by atoms with van der Waals surface area (Å²) < 4.78 is 13.1. The van der Waals surface area contributed by atoms with Crippen LogP contribution in [0.5, 0.6) is 0 Å². The smallest absolute Gasteiger partial charge is 0.325 e. The first-order chi connectivity index (χ1) is 12.1. The molecule has 1 aliphatic rings. The number of nitrogens with zero attached hydrogens (tertiary/aromatic N) is 1. The van der Waals surface area contributed by atoms with Gasteiger partial charge in [-0.15, -0.1) is 0 Å². The number of nitrogens with one attached hydrogen (secondary N) is 2. The van der Waals surface area contributed by atoms with Crippen molar-refractivity contribution in [1.82, 2.24) is 15.5 Å². The molecule has 26 heavy (non-hydrogen) atoms. The number of halogens is 1. The van der Waals surface area contributed by atoms with Crippen LogP contribution in [0.25, 0.3) is 0 Å². The van der Waals surface area contributed by atoms with Gasteiger partial charge >= 0.3 is 6.03 Å². The van der Waals surface area contributed by atoms with Crippen molar-refractivity contribution in [3.05, 3.63) is 35.6 Å². The Kier molecular flexibility index (Phi) is 6.00. The van der Waals surface area contributed by atoms with Gasteiger partial charge in [0.15, 0.2) is 0 Å². The lowest BCUT2D eigenvalue weighted by molar-refractivity contribution is -0.135. The van der Waals surface area contributed by atoms with Crippen LogP contribution in [0.1, 0.15) is 46.1 Å². The van der Waals surface area contributed by atoms with Gasteiger partial charge < -0.3 is 10.6 Å². The molecule has 1 aromatic rings. The fraction of sp³-hybridized carbons (Fsp3) is 0.526. The Balaban J connectivity index is 2.02. The van der Waals surface area contributed by atoms with Crippen LogP contribution in [-0.4, -0.2) is 35.3 Å². The molecule has 0 unspecified atom stereocenters. The highest BCUT2D eigenvalue weighted by atomic mass is 19.1. The van der Waals surface area contributed by atoms with Gasteiger partial charge in [0.1, 0.15) is 17.9 Å². The van der Waals surface area contributed by atoms with E-state index in [1.165, 1.54) is 24.3 Å². The molecule has 2 N–H and O–H groups in total. The first-order valence-corrected chi connectivity index (χ1v) is 8.83. The van der Waals surface area contributed by atoms with Gasteiger partial charge in [0.25, 0.3) is 5.91 Å². The summed E-state index contributed by atoms with van der Waals surface area (Å²) in [6.45, 7) is 7.32. The average molecular weight is 363 g/mol. The number of carbonyl (C=O) groups is 3. The maximum absolute atomic E-state index is 13.1. The predicted octanol–water partition coefficient (Wildman–Crippen LogP) is 2.53. The van der Waals surface area contributed by atoms with E-state index in [9.17, 15) is 18.8 Å². The Hall–Kier alpha value is -2.44. The minimum absolute atomic E-state index is 0.0332. The molecule has 142 valence electrons. The van der Waals surface area contributed by atoms with Gasteiger partial charge in [0, 0.05) is 6.04 Å². The van der Waals surface area contributed by atoms with Gasteiger partial charge in [-0.2, -0.15) is 0 Å². The van der Waals surface area contributed by atoms with Crippen molar-refractivity contribution in [2.45, 2.75) is 52.1 Å². The molecule has 4 amide bonds. The third kappa shape index (κ3) is 4.39. The van der Waals surface area contributed by atoms with Crippen molar-refractivity contribution in [3.8, 4) is 0 Å². The van der Waals surface area contributed by atoms with E-state index in [0.29, 0.717) is 11.5 Å². The summed E-state index contributed by atoms with van der Waals surface area (Å²) in [5.74, 6) is -0.801. The van der Waals surface area contributed by atoms with Gasteiger partial charge in [-0.05, 0) is 50.3 Å². The standard InChI is InChI=1S/C19H26FN3O3/c1-12(2)5-6-13(3)21-16(24)11-23-17(25)19(4,22-18(23)26)14-7-9-15(20)10-8-14/h7-10,12-13H,5-6,11H2,1-4H3,(H,21,24)(H,22,26)/t13-,19-/m1/s1. The Morgan fingerprint density at radius 1 is 1.19 bits per heavy atom. The average Bonchev–Trinajstić information content (AvgIpc) is 2.77. The first-order valence-electron chi connectivity index (χ1n) is 8.83. The lowest BCUT2D eigenvalue weighted by Crippen LogP contribution is -2.45. The topological polar surface area (TPSA) is 78.5 Å². The second kappa shape index (κ2) is 7.85. The van der Waals surface area contributed by atoms with Crippen molar-refractivity contribution in [2.75, 3.05) is 6.54 Å². The molecule has 1 heterocycles. The van der Waals surface area contributed by atoms with Crippen molar-refractivity contribution >= 4 is 17.8 Å². The maximum Gasteiger partial charge on any atom is 0.325 e. The molecule has 0 radical (unpaired) electrons. The molecule has 1 aliphatic heterocycles. The van der Waals surface area contributed by atoms with Gasteiger partial charge in [0.05, 0.1) is 0 Å². The van der Waals surface area contributed by atoms with Crippen molar-refractivity contribution in [2.24, 2.45) is 5.92 Å². The molecule has 0 spiro atoms. The number of rotatable bonds is 7. The number of carbonyl (C=O) groups excluding carboxylic acids is 3. The van der Waals surface area contributed by atoms with E-state index in [1.54, 1.807) is 6.92 Å². The lowest BCUT2D eigenvalue weighted by atomic mass is 9.92. The van der Waals surface area contributed by atoms with Gasteiger partial charge in [-0.1, -0.05) is 26.0 Å². The van der Waals surface area contributed by atoms with E-state index < -0.39 is 23.3 Å². The lowest BCUT2D eigenvalue weighted by Gasteiger charge is -2.22. The maximum atomic E-state index is 13.1. The first kappa shape index (κ1) is 19.9. The molecule has 0 bridgehead atoms. The van der Waals surface area contributed by atoms with E-state index in [0.717, 1.165) is 17.7 Å². The number of benzene rings is 1. The fourth-order valence-electron chi connectivity index (χ4n) is 2.94. The number of urea groups is 1. The summed E-state index contributed by atoms with van der Waals surface area (Å²) in [6, 6.07) is 4.69. The highest BCUT2D eigenvalue weighted by Gasteiger charge is 2.49. The minimum Gasteiger partial charge on any atom is -0.352 e. The summed E-state index contributed by atoms with van der Waals surface area (Å²) in [6.07, 6.45) is 1.81. The van der Waals surface area contributed by atoms with Crippen molar-refractivity contribution in [3.63, 3.8) is 0 Å². The van der Waals surface area contributed by atoms with Gasteiger partial charge in [-0.3, -0.25) is 14.5 Å². The highest BCUT2D eigenvalue weighted by Crippen LogP contribution is 2.28. The molecule has 7 heteroatoms. The van der Waals surface area contributed by atoms with Gasteiger partial charge in [0.2, 0.25) is 5.91 Å². The van der Waals surface area contributed by atoms with Crippen LogP contribution in [-0.2, 0) is 15.1 Å². The van der Waals surface area contributed by atoms with Crippen LogP contribution < -0.4 is 10.6 Å². The van der Waals surface area contributed by atoms with Crippen LogP contribution in [0.15, 0.2) is 24.3 Å². The molecule has 2 atom stereocenters. The Morgan fingerprint density at radius 3 is 2.38 bits per heavy atom. The molecule has 2 rings (SSSR count). The normalized spacial score (nSPS) is 21.1. The molecular formula is C19H26FN3O3. The second-order valence-corrected chi connectivity index (χ2v) is 7.39. The third-order valence-electron chi connectivity index (χ3n) is 4.58. The number of hydrogen-bond acceptors (Lipinski definition) is 3. The van der Waals surface area contributed by atoms with E-state index in [4.69, 9.17) is 0 Å². The van der Waals surface area contributed by atoms with Crippen LogP contribution in [0, 0.1) is 11.7 Å². The largest absolute Gasteiger partial charge is 0.352 e. The van der Waals surface area contributed by atoms with Crippen LogP contribution >= 0.6 is 0 Å². The monoisotopic (exact) mass is 363 g/mol. The van der Waals surface area contributed by atoms with Crippen LogP contribution in [0.4, 0.5) is 9.18 Å². The summed E-state index contributed by atoms with van der Waals surface area (Å²) in [7, 11) is 0. The second-order valence-electron chi connectivity index (χ2n) is 7.39. The van der Waals surface area contributed by atoms with E-state index in [-0.39, 0.29) is 18.5 Å². The molecule has 1 aromatic carbocycles. The van der Waals surface area contributed by atoms with Crippen molar-refractivity contribution in [1.29, 1.82) is 0 Å².